The van der Waals surface area contributed by atoms with E-state index in [1.54, 1.807) is 12.3 Å². The Morgan fingerprint density at radius 3 is 2.62 bits per heavy atom. The van der Waals surface area contributed by atoms with Crippen molar-refractivity contribution >= 4 is 5.65 Å². The largest absolute Gasteiger partial charge is 0.507 e. The van der Waals surface area contributed by atoms with Gasteiger partial charge in [-0.05, 0) is 47.5 Å². The van der Waals surface area contributed by atoms with Gasteiger partial charge in [0.25, 0.3) is 0 Å². The Morgan fingerprint density at radius 2 is 1.88 bits per heavy atom. The molecule has 0 amide bonds. The molecule has 2 N–H and O–H groups in total. The summed E-state index contributed by atoms with van der Waals surface area (Å²) in [5, 5.41) is 22.4. The normalized spacial score (nSPS) is 14.5. The van der Waals surface area contributed by atoms with Gasteiger partial charge in [-0.2, -0.15) is 10.2 Å². The van der Waals surface area contributed by atoms with Crippen LogP contribution in [-0.2, 0) is 0 Å². The maximum atomic E-state index is 10.5. The zero-order valence-corrected chi connectivity index (χ0v) is 14.0. The van der Waals surface area contributed by atoms with Crippen molar-refractivity contribution in [2.75, 3.05) is 13.1 Å². The SMILES string of the molecule is Oc1cc(-c2ccc3nccn3c2)ccc1-c1ccc(C2CNC2)nn1. The van der Waals surface area contributed by atoms with E-state index in [1.165, 1.54) is 0 Å². The lowest BCUT2D eigenvalue weighted by atomic mass is 9.98. The maximum Gasteiger partial charge on any atom is 0.136 e. The molecule has 26 heavy (non-hydrogen) atoms. The number of hydrogen-bond acceptors (Lipinski definition) is 5. The van der Waals surface area contributed by atoms with Crippen molar-refractivity contribution in [2.24, 2.45) is 0 Å². The van der Waals surface area contributed by atoms with E-state index in [4.69, 9.17) is 0 Å². The molecule has 0 saturated carbocycles. The summed E-state index contributed by atoms with van der Waals surface area (Å²) in [6.07, 6.45) is 5.67. The van der Waals surface area contributed by atoms with Crippen molar-refractivity contribution in [1.29, 1.82) is 0 Å². The minimum atomic E-state index is 0.195. The lowest BCUT2D eigenvalue weighted by molar-refractivity contribution is 0.436. The topological polar surface area (TPSA) is 75.3 Å². The van der Waals surface area contributed by atoms with Crippen LogP contribution in [0.2, 0.25) is 0 Å². The highest BCUT2D eigenvalue weighted by molar-refractivity contribution is 5.74. The third-order valence-corrected chi connectivity index (χ3v) is 4.88. The van der Waals surface area contributed by atoms with E-state index in [-0.39, 0.29) is 5.75 Å². The minimum Gasteiger partial charge on any atom is -0.507 e. The number of phenols is 1. The number of pyridine rings is 1. The van der Waals surface area contributed by atoms with Gasteiger partial charge in [-0.15, -0.1) is 0 Å². The second-order valence-corrected chi connectivity index (χ2v) is 6.54. The molecular weight excluding hydrogens is 326 g/mol. The summed E-state index contributed by atoms with van der Waals surface area (Å²) < 4.78 is 1.96. The number of nitrogens with zero attached hydrogens (tertiary/aromatic N) is 4. The molecule has 0 spiro atoms. The Hall–Kier alpha value is -3.25. The summed E-state index contributed by atoms with van der Waals surface area (Å²) >= 11 is 0. The number of rotatable bonds is 3. The van der Waals surface area contributed by atoms with Gasteiger partial charge in [-0.3, -0.25) is 0 Å². The molecule has 1 aliphatic heterocycles. The molecule has 4 heterocycles. The van der Waals surface area contributed by atoms with Crippen LogP contribution in [0.4, 0.5) is 0 Å². The van der Waals surface area contributed by atoms with E-state index < -0.39 is 0 Å². The fraction of sp³-hybridized carbons (Fsp3) is 0.150. The molecule has 0 radical (unpaired) electrons. The van der Waals surface area contributed by atoms with Gasteiger partial charge in [0.2, 0.25) is 0 Å². The first-order valence-corrected chi connectivity index (χ1v) is 8.59. The molecule has 128 valence electrons. The summed E-state index contributed by atoms with van der Waals surface area (Å²) in [5.74, 6) is 0.645. The van der Waals surface area contributed by atoms with Gasteiger partial charge in [0, 0.05) is 43.2 Å². The number of imidazole rings is 1. The third kappa shape index (κ3) is 2.51. The van der Waals surface area contributed by atoms with Gasteiger partial charge < -0.3 is 14.8 Å². The van der Waals surface area contributed by atoms with Crippen molar-refractivity contribution in [3.63, 3.8) is 0 Å². The first-order chi connectivity index (χ1) is 12.8. The highest BCUT2D eigenvalue weighted by Gasteiger charge is 2.20. The Labute approximate surface area is 150 Å². The number of hydrogen-bond donors (Lipinski definition) is 2. The van der Waals surface area contributed by atoms with Crippen LogP contribution in [0.5, 0.6) is 5.75 Å². The zero-order valence-electron chi connectivity index (χ0n) is 14.0. The van der Waals surface area contributed by atoms with Gasteiger partial charge in [0.15, 0.2) is 0 Å². The monoisotopic (exact) mass is 343 g/mol. The van der Waals surface area contributed by atoms with Crippen LogP contribution >= 0.6 is 0 Å². The number of benzene rings is 1. The molecule has 1 fully saturated rings. The molecule has 6 heteroatoms. The molecule has 0 bridgehead atoms. The Balaban J connectivity index is 1.47. The van der Waals surface area contributed by atoms with Gasteiger partial charge in [0.05, 0.1) is 11.4 Å². The smallest absolute Gasteiger partial charge is 0.136 e. The van der Waals surface area contributed by atoms with Gasteiger partial charge in [-0.1, -0.05) is 6.07 Å². The quantitative estimate of drug-likeness (QED) is 0.598. The fourth-order valence-electron chi connectivity index (χ4n) is 3.22. The lowest BCUT2D eigenvalue weighted by Crippen LogP contribution is -2.40. The summed E-state index contributed by atoms with van der Waals surface area (Å²) in [6.45, 7) is 1.91. The van der Waals surface area contributed by atoms with Gasteiger partial charge in [-0.25, -0.2) is 4.98 Å². The summed E-state index contributed by atoms with van der Waals surface area (Å²) in [5.41, 5.74) is 5.20. The summed E-state index contributed by atoms with van der Waals surface area (Å²) in [4.78, 5) is 4.25. The molecule has 3 aromatic heterocycles. The summed E-state index contributed by atoms with van der Waals surface area (Å²) in [6, 6.07) is 13.5. The molecule has 4 aromatic rings. The first-order valence-electron chi connectivity index (χ1n) is 8.59. The van der Waals surface area contributed by atoms with E-state index in [2.05, 4.69) is 20.5 Å². The standard InChI is InChI=1S/C20H17N5O/c26-19-9-13(14-2-6-20-22-7-8-25(20)12-14)1-3-16(19)18-5-4-17(23-24-18)15-10-21-11-15/h1-9,12,15,21,26H,10-11H2. The van der Waals surface area contributed by atoms with Crippen LogP contribution in [0.1, 0.15) is 11.6 Å². The van der Waals surface area contributed by atoms with Crippen LogP contribution < -0.4 is 5.32 Å². The van der Waals surface area contributed by atoms with Crippen molar-refractivity contribution in [1.82, 2.24) is 24.9 Å². The Kier molecular flexibility index (Phi) is 3.43. The van der Waals surface area contributed by atoms with Crippen molar-refractivity contribution < 1.29 is 5.11 Å². The highest BCUT2D eigenvalue weighted by atomic mass is 16.3. The average molecular weight is 343 g/mol. The zero-order chi connectivity index (χ0) is 17.5. The maximum absolute atomic E-state index is 10.5. The van der Waals surface area contributed by atoms with Crippen molar-refractivity contribution in [3.05, 3.63) is 66.7 Å². The number of aromatic hydroxyl groups is 1. The highest BCUT2D eigenvalue weighted by Crippen LogP contribution is 2.32. The van der Waals surface area contributed by atoms with Crippen LogP contribution in [0.3, 0.4) is 0 Å². The Morgan fingerprint density at radius 1 is 1.00 bits per heavy atom. The predicted octanol–water partition coefficient (Wildman–Crippen LogP) is 2.85. The molecule has 0 aliphatic carbocycles. The Bertz CT molecular complexity index is 1080. The fourth-order valence-corrected chi connectivity index (χ4v) is 3.22. The lowest BCUT2D eigenvalue weighted by Gasteiger charge is -2.25. The van der Waals surface area contributed by atoms with Gasteiger partial charge in [0.1, 0.15) is 11.4 Å². The predicted molar refractivity (Wildman–Crippen MR) is 98.9 cm³/mol. The van der Waals surface area contributed by atoms with Crippen LogP contribution in [0, 0.1) is 0 Å². The average Bonchev–Trinajstić information content (AvgIpc) is 3.09. The van der Waals surface area contributed by atoms with E-state index in [0.717, 1.165) is 35.6 Å². The number of fused-ring (bicyclic) bond motifs is 1. The van der Waals surface area contributed by atoms with Crippen LogP contribution in [0.25, 0.3) is 28.0 Å². The second kappa shape index (κ2) is 5.93. The van der Waals surface area contributed by atoms with Crippen LogP contribution in [0.15, 0.2) is 61.1 Å². The van der Waals surface area contributed by atoms with Crippen LogP contribution in [-0.4, -0.2) is 37.8 Å². The van der Waals surface area contributed by atoms with Crippen molar-refractivity contribution in [2.45, 2.75) is 5.92 Å². The van der Waals surface area contributed by atoms with E-state index in [0.29, 0.717) is 17.2 Å². The number of phenolic OH excluding ortho intramolecular Hbond substituents is 1. The molecule has 1 saturated heterocycles. The molecule has 1 aliphatic rings. The van der Waals surface area contributed by atoms with E-state index in [1.807, 2.05) is 53.2 Å². The van der Waals surface area contributed by atoms with Gasteiger partial charge >= 0.3 is 0 Å². The molecular formula is C20H17N5O. The van der Waals surface area contributed by atoms with E-state index >= 15 is 0 Å². The second-order valence-electron chi connectivity index (χ2n) is 6.54. The van der Waals surface area contributed by atoms with E-state index in [9.17, 15) is 5.11 Å². The summed E-state index contributed by atoms with van der Waals surface area (Å²) in [7, 11) is 0. The minimum absolute atomic E-state index is 0.195. The molecule has 6 nitrogen and oxygen atoms in total. The molecule has 1 aromatic carbocycles. The molecule has 0 unspecified atom stereocenters. The third-order valence-electron chi connectivity index (χ3n) is 4.88. The molecule has 0 atom stereocenters. The number of aromatic nitrogens is 4. The van der Waals surface area contributed by atoms with Crippen molar-refractivity contribution in [3.8, 4) is 28.1 Å². The number of nitrogens with one attached hydrogen (secondary N) is 1. The first kappa shape index (κ1) is 15.0. The molecule has 5 rings (SSSR count).